The summed E-state index contributed by atoms with van der Waals surface area (Å²) in [5.74, 6) is 5.02. The van der Waals surface area contributed by atoms with E-state index < -0.39 is 6.04 Å². The maximum atomic E-state index is 11.8. The summed E-state index contributed by atoms with van der Waals surface area (Å²) in [5, 5.41) is 2.68. The van der Waals surface area contributed by atoms with Gasteiger partial charge in [-0.25, -0.2) is 5.84 Å². The van der Waals surface area contributed by atoms with E-state index in [0.717, 1.165) is 12.8 Å². The molecule has 2 atom stereocenters. The fourth-order valence-corrected chi connectivity index (χ4v) is 2.21. The third kappa shape index (κ3) is 3.20. The number of nitrogens with two attached hydrogens (primary N) is 1. The van der Waals surface area contributed by atoms with E-state index in [1.54, 1.807) is 6.92 Å². The highest BCUT2D eigenvalue weighted by atomic mass is 16.2. The minimum atomic E-state index is -0.568. The molecule has 0 aliphatic heterocycles. The van der Waals surface area contributed by atoms with Gasteiger partial charge in [0.25, 0.3) is 5.91 Å². The van der Waals surface area contributed by atoms with Crippen LogP contribution in [-0.2, 0) is 9.59 Å². The monoisotopic (exact) mass is 227 g/mol. The molecule has 5 heteroatoms. The van der Waals surface area contributed by atoms with Crippen molar-refractivity contribution in [2.75, 3.05) is 0 Å². The van der Waals surface area contributed by atoms with Gasteiger partial charge in [0.2, 0.25) is 5.91 Å². The van der Waals surface area contributed by atoms with Crippen LogP contribution in [0.3, 0.4) is 0 Å². The molecule has 1 aliphatic carbocycles. The number of carbonyl (C=O) groups excluding carboxylic acids is 2. The predicted molar refractivity (Wildman–Crippen MR) is 61.1 cm³/mol. The number of amides is 2. The van der Waals surface area contributed by atoms with E-state index in [-0.39, 0.29) is 17.7 Å². The van der Waals surface area contributed by atoms with Crippen molar-refractivity contribution in [3.63, 3.8) is 0 Å². The fraction of sp³-hybridized carbons (Fsp3) is 0.818. The van der Waals surface area contributed by atoms with Crippen molar-refractivity contribution >= 4 is 11.8 Å². The molecule has 2 unspecified atom stereocenters. The van der Waals surface area contributed by atoms with E-state index in [2.05, 4.69) is 5.32 Å². The molecule has 1 saturated carbocycles. The van der Waals surface area contributed by atoms with E-state index >= 15 is 0 Å². The second-order valence-corrected chi connectivity index (χ2v) is 4.57. The van der Waals surface area contributed by atoms with Gasteiger partial charge in [-0.1, -0.05) is 19.8 Å². The Bertz CT molecular complexity index is 262. The van der Waals surface area contributed by atoms with Gasteiger partial charge >= 0.3 is 0 Å². The van der Waals surface area contributed by atoms with Gasteiger partial charge in [-0.15, -0.1) is 0 Å². The molecule has 4 N–H and O–H groups in total. The molecule has 0 aromatic rings. The van der Waals surface area contributed by atoms with Gasteiger partial charge < -0.3 is 5.32 Å². The van der Waals surface area contributed by atoms with Gasteiger partial charge in [0.1, 0.15) is 6.04 Å². The molecule has 92 valence electrons. The highest BCUT2D eigenvalue weighted by Crippen LogP contribution is 2.31. The molecule has 1 fully saturated rings. The minimum Gasteiger partial charge on any atom is -0.344 e. The summed E-state index contributed by atoms with van der Waals surface area (Å²) in [6.07, 6.45) is 4.65. The number of hydrogen-bond donors (Lipinski definition) is 3. The number of carbonyl (C=O) groups is 2. The summed E-state index contributed by atoms with van der Waals surface area (Å²) in [6, 6.07) is -0.568. The Morgan fingerprint density at radius 1 is 1.19 bits per heavy atom. The van der Waals surface area contributed by atoms with Crippen molar-refractivity contribution in [2.45, 2.75) is 45.6 Å². The Morgan fingerprint density at radius 3 is 2.25 bits per heavy atom. The molecule has 0 radical (unpaired) electrons. The van der Waals surface area contributed by atoms with E-state index in [1.807, 2.05) is 12.3 Å². The Hall–Kier alpha value is -1.10. The van der Waals surface area contributed by atoms with Crippen molar-refractivity contribution in [3.8, 4) is 0 Å². The SMILES string of the molecule is CC(NC(=O)C(C)C1CCCC1)C(=O)NN. The first-order chi connectivity index (χ1) is 7.56. The van der Waals surface area contributed by atoms with Crippen molar-refractivity contribution in [1.29, 1.82) is 0 Å². The summed E-state index contributed by atoms with van der Waals surface area (Å²) in [7, 11) is 0. The van der Waals surface area contributed by atoms with Crippen molar-refractivity contribution in [1.82, 2.24) is 10.7 Å². The van der Waals surface area contributed by atoms with E-state index in [9.17, 15) is 9.59 Å². The number of hydrogen-bond acceptors (Lipinski definition) is 3. The summed E-state index contributed by atoms with van der Waals surface area (Å²) < 4.78 is 0. The molecule has 0 saturated heterocycles. The van der Waals surface area contributed by atoms with E-state index in [1.165, 1.54) is 12.8 Å². The van der Waals surface area contributed by atoms with Crippen LogP contribution in [0.5, 0.6) is 0 Å². The first-order valence-corrected chi connectivity index (χ1v) is 5.87. The van der Waals surface area contributed by atoms with Gasteiger partial charge in [-0.3, -0.25) is 15.0 Å². The normalized spacial score (nSPS) is 20.2. The van der Waals surface area contributed by atoms with Crippen LogP contribution in [0.4, 0.5) is 0 Å². The first kappa shape index (κ1) is 13.0. The molecule has 5 nitrogen and oxygen atoms in total. The van der Waals surface area contributed by atoms with Crippen LogP contribution in [0, 0.1) is 11.8 Å². The molecule has 1 aliphatic rings. The first-order valence-electron chi connectivity index (χ1n) is 5.87. The fourth-order valence-electron chi connectivity index (χ4n) is 2.21. The van der Waals surface area contributed by atoms with Crippen LogP contribution in [0.25, 0.3) is 0 Å². The molecule has 0 aromatic carbocycles. The zero-order valence-electron chi connectivity index (χ0n) is 9.95. The van der Waals surface area contributed by atoms with Gasteiger partial charge in [0, 0.05) is 5.92 Å². The smallest absolute Gasteiger partial charge is 0.256 e. The largest absolute Gasteiger partial charge is 0.344 e. The second-order valence-electron chi connectivity index (χ2n) is 4.57. The van der Waals surface area contributed by atoms with Gasteiger partial charge in [-0.05, 0) is 25.7 Å². The molecular weight excluding hydrogens is 206 g/mol. The topological polar surface area (TPSA) is 84.2 Å². The van der Waals surface area contributed by atoms with Crippen LogP contribution >= 0.6 is 0 Å². The van der Waals surface area contributed by atoms with Crippen LogP contribution in [0.2, 0.25) is 0 Å². The standard InChI is InChI=1S/C11H21N3O2/c1-7(9-5-3-4-6-9)10(15)13-8(2)11(16)14-12/h7-9H,3-6,12H2,1-2H3,(H,13,15)(H,14,16). The van der Waals surface area contributed by atoms with Crippen LogP contribution in [0.1, 0.15) is 39.5 Å². The lowest BCUT2D eigenvalue weighted by Gasteiger charge is -2.20. The average Bonchev–Trinajstić information content (AvgIpc) is 2.79. The third-order valence-corrected chi connectivity index (χ3v) is 3.41. The van der Waals surface area contributed by atoms with Crippen LogP contribution < -0.4 is 16.6 Å². The molecule has 16 heavy (non-hydrogen) atoms. The zero-order chi connectivity index (χ0) is 12.1. The Labute approximate surface area is 96.1 Å². The average molecular weight is 227 g/mol. The molecule has 2 amide bonds. The van der Waals surface area contributed by atoms with Crippen molar-refractivity contribution in [2.24, 2.45) is 17.7 Å². The number of nitrogens with one attached hydrogen (secondary N) is 2. The van der Waals surface area contributed by atoms with Gasteiger partial charge in [-0.2, -0.15) is 0 Å². The molecule has 0 heterocycles. The zero-order valence-corrected chi connectivity index (χ0v) is 9.95. The van der Waals surface area contributed by atoms with E-state index in [4.69, 9.17) is 5.84 Å². The van der Waals surface area contributed by atoms with Crippen molar-refractivity contribution in [3.05, 3.63) is 0 Å². The van der Waals surface area contributed by atoms with Crippen molar-refractivity contribution < 1.29 is 9.59 Å². The molecular formula is C11H21N3O2. The predicted octanol–water partition coefficient (Wildman–Crippen LogP) is 0.307. The second kappa shape index (κ2) is 5.84. The van der Waals surface area contributed by atoms with E-state index in [0.29, 0.717) is 5.92 Å². The lowest BCUT2D eigenvalue weighted by molar-refractivity contribution is -0.131. The minimum absolute atomic E-state index is 0.0180. The number of hydrazine groups is 1. The van der Waals surface area contributed by atoms with Gasteiger partial charge in [0.05, 0.1) is 0 Å². The van der Waals surface area contributed by atoms with Crippen LogP contribution in [0.15, 0.2) is 0 Å². The third-order valence-electron chi connectivity index (χ3n) is 3.41. The lowest BCUT2D eigenvalue weighted by atomic mass is 9.91. The Kier molecular flexibility index (Phi) is 4.73. The summed E-state index contributed by atoms with van der Waals surface area (Å²) >= 11 is 0. The summed E-state index contributed by atoms with van der Waals surface area (Å²) in [6.45, 7) is 3.56. The maximum Gasteiger partial charge on any atom is 0.256 e. The number of rotatable bonds is 4. The summed E-state index contributed by atoms with van der Waals surface area (Å²) in [4.78, 5) is 23.0. The highest BCUT2D eigenvalue weighted by molar-refractivity contribution is 5.87. The van der Waals surface area contributed by atoms with Gasteiger partial charge in [0.15, 0.2) is 0 Å². The Balaban J connectivity index is 2.41. The molecule has 1 rings (SSSR count). The molecule has 0 spiro atoms. The molecule has 0 bridgehead atoms. The van der Waals surface area contributed by atoms with Crippen LogP contribution in [-0.4, -0.2) is 17.9 Å². The lowest BCUT2D eigenvalue weighted by Crippen LogP contribution is -2.49. The quantitative estimate of drug-likeness (QED) is 0.367. The molecule has 0 aromatic heterocycles. The Morgan fingerprint density at radius 2 is 1.75 bits per heavy atom. The highest BCUT2D eigenvalue weighted by Gasteiger charge is 2.28. The maximum absolute atomic E-state index is 11.8. The summed E-state index contributed by atoms with van der Waals surface area (Å²) in [5.41, 5.74) is 2.02.